The van der Waals surface area contributed by atoms with E-state index in [1.54, 1.807) is 13.8 Å². The van der Waals surface area contributed by atoms with Gasteiger partial charge in [0.1, 0.15) is 24.4 Å². The van der Waals surface area contributed by atoms with E-state index in [9.17, 15) is 40.9 Å². The molecular formula is C36H62O10. The molecule has 6 rings (SSSR count). The zero-order valence-corrected chi connectivity index (χ0v) is 29.0. The van der Waals surface area contributed by atoms with E-state index in [4.69, 9.17) is 9.47 Å². The summed E-state index contributed by atoms with van der Waals surface area (Å²) in [6.45, 7) is 13.8. The van der Waals surface area contributed by atoms with Crippen LogP contribution >= 0.6 is 0 Å². The standard InChI is InChI=1S/C36H62O10/c1-18(8-9-24(40)32(4,5)44)25-19(38)15-34(7)29-20(45-30-28(43)27(42)26(41)21(16-37)46-30)14-22-31(2,3)23(39)10-11-35(22)17-36(29,35)13-12-33(25,34)6/h18-30,37-44H,8-17H2,1-7H3/t18-,19-,20-,21+,22+,23-,24+,25-,26+,27-,28+,29+,30+,33+,34-,35-,36+/m0/s1. The van der Waals surface area contributed by atoms with Crippen molar-refractivity contribution < 1.29 is 50.3 Å². The molecule has 5 saturated carbocycles. The number of aliphatic hydroxyl groups is 8. The maximum atomic E-state index is 11.9. The molecule has 10 heteroatoms. The lowest BCUT2D eigenvalue weighted by atomic mass is 9.41. The van der Waals surface area contributed by atoms with Gasteiger partial charge in [-0.05, 0) is 122 Å². The largest absolute Gasteiger partial charge is 0.394 e. The number of hydrogen-bond acceptors (Lipinski definition) is 10. The van der Waals surface area contributed by atoms with Gasteiger partial charge in [-0.1, -0.05) is 34.6 Å². The third-order valence-electron chi connectivity index (χ3n) is 15.6. The first kappa shape index (κ1) is 35.4. The molecule has 1 heterocycles. The molecule has 17 atom stereocenters. The van der Waals surface area contributed by atoms with Crippen molar-refractivity contribution in [3.05, 3.63) is 0 Å². The van der Waals surface area contributed by atoms with Crippen molar-refractivity contribution in [1.82, 2.24) is 0 Å². The molecule has 2 spiro atoms. The number of hydrogen-bond donors (Lipinski definition) is 8. The second-order valence-electron chi connectivity index (χ2n) is 18.4. The summed E-state index contributed by atoms with van der Waals surface area (Å²) in [5.74, 6) is 0.272. The highest BCUT2D eigenvalue weighted by molar-refractivity contribution is 5.33. The van der Waals surface area contributed by atoms with Crippen molar-refractivity contribution in [2.24, 2.45) is 50.7 Å². The fourth-order valence-electron chi connectivity index (χ4n) is 12.9. The molecule has 266 valence electrons. The van der Waals surface area contributed by atoms with Gasteiger partial charge in [0.25, 0.3) is 0 Å². The van der Waals surface area contributed by atoms with Gasteiger partial charge in [-0.2, -0.15) is 0 Å². The lowest BCUT2D eigenvalue weighted by Gasteiger charge is -2.65. The third-order valence-corrected chi connectivity index (χ3v) is 15.6. The smallest absolute Gasteiger partial charge is 0.186 e. The zero-order chi connectivity index (χ0) is 34.0. The van der Waals surface area contributed by atoms with Gasteiger partial charge in [-0.15, -0.1) is 0 Å². The second kappa shape index (κ2) is 11.3. The van der Waals surface area contributed by atoms with E-state index >= 15 is 0 Å². The van der Waals surface area contributed by atoms with E-state index in [0.29, 0.717) is 25.7 Å². The monoisotopic (exact) mass is 654 g/mol. The van der Waals surface area contributed by atoms with Gasteiger partial charge in [0.2, 0.25) is 0 Å². The molecular weight excluding hydrogens is 592 g/mol. The maximum absolute atomic E-state index is 11.9. The van der Waals surface area contributed by atoms with E-state index in [-0.39, 0.29) is 50.7 Å². The molecule has 1 saturated heterocycles. The van der Waals surface area contributed by atoms with Crippen LogP contribution in [-0.2, 0) is 9.47 Å². The Kier molecular flexibility index (Phi) is 8.71. The van der Waals surface area contributed by atoms with Gasteiger partial charge in [-0.25, -0.2) is 0 Å². The Hall–Kier alpha value is -0.400. The summed E-state index contributed by atoms with van der Waals surface area (Å²) in [5, 5.41) is 86.2. The van der Waals surface area contributed by atoms with Gasteiger partial charge >= 0.3 is 0 Å². The second-order valence-corrected chi connectivity index (χ2v) is 18.4. The summed E-state index contributed by atoms with van der Waals surface area (Å²) < 4.78 is 12.7. The summed E-state index contributed by atoms with van der Waals surface area (Å²) in [6.07, 6.45) is -2.04. The minimum absolute atomic E-state index is 0.0160. The fraction of sp³-hybridized carbons (Fsp3) is 1.00. The predicted octanol–water partition coefficient (Wildman–Crippen LogP) is 2.10. The van der Waals surface area contributed by atoms with E-state index < -0.39 is 67.3 Å². The van der Waals surface area contributed by atoms with Crippen molar-refractivity contribution >= 4 is 0 Å². The minimum atomic E-state index is -1.54. The molecule has 0 radical (unpaired) electrons. The molecule has 0 aromatic rings. The fourth-order valence-corrected chi connectivity index (χ4v) is 12.9. The molecule has 10 nitrogen and oxygen atoms in total. The van der Waals surface area contributed by atoms with Crippen LogP contribution in [-0.4, -0.2) is 108 Å². The summed E-state index contributed by atoms with van der Waals surface area (Å²) in [4.78, 5) is 0. The number of rotatable bonds is 8. The van der Waals surface area contributed by atoms with Crippen LogP contribution in [0.15, 0.2) is 0 Å². The Balaban J connectivity index is 1.37. The molecule has 8 N–H and O–H groups in total. The van der Waals surface area contributed by atoms with Gasteiger partial charge in [-0.3, -0.25) is 0 Å². The molecule has 0 bridgehead atoms. The number of ether oxygens (including phenoxy) is 2. The Morgan fingerprint density at radius 2 is 1.57 bits per heavy atom. The maximum Gasteiger partial charge on any atom is 0.186 e. The average molecular weight is 655 g/mol. The zero-order valence-electron chi connectivity index (χ0n) is 29.0. The Bertz CT molecular complexity index is 1140. The molecule has 0 unspecified atom stereocenters. The summed E-state index contributed by atoms with van der Waals surface area (Å²) >= 11 is 0. The molecule has 0 aromatic heterocycles. The predicted molar refractivity (Wildman–Crippen MR) is 169 cm³/mol. The van der Waals surface area contributed by atoms with Crippen LogP contribution in [0.1, 0.15) is 106 Å². The number of fused-ring (bicyclic) bond motifs is 2. The van der Waals surface area contributed by atoms with Gasteiger partial charge in [0, 0.05) is 0 Å². The summed E-state index contributed by atoms with van der Waals surface area (Å²) in [6, 6.07) is 0. The van der Waals surface area contributed by atoms with E-state index in [1.807, 2.05) is 0 Å². The van der Waals surface area contributed by atoms with Crippen LogP contribution in [0.4, 0.5) is 0 Å². The Labute approximate surface area is 274 Å². The van der Waals surface area contributed by atoms with Gasteiger partial charge in [0.15, 0.2) is 6.29 Å². The SMILES string of the molecule is C[C@@H](CC[C@@H](O)C(C)(C)O)[C@H]1[C@@H](O)C[C@@]2(C)[C@H]3[C@@H](O[C@@H]4O[C@H](CO)[C@@H](O)[C@H](O)[C@H]4O)C[C@@H]4C(C)(C)[C@@H](O)CC[C@]45C[C@]35CC[C@]12C. The van der Waals surface area contributed by atoms with Crippen molar-refractivity contribution in [1.29, 1.82) is 0 Å². The lowest BCUT2D eigenvalue weighted by molar-refractivity contribution is -0.332. The van der Waals surface area contributed by atoms with Crippen LogP contribution in [0.5, 0.6) is 0 Å². The lowest BCUT2D eigenvalue weighted by Crippen LogP contribution is -2.64. The number of aliphatic hydroxyl groups excluding tert-OH is 7. The van der Waals surface area contributed by atoms with Crippen molar-refractivity contribution in [2.75, 3.05) is 6.61 Å². The van der Waals surface area contributed by atoms with Crippen LogP contribution in [0.2, 0.25) is 0 Å². The highest BCUT2D eigenvalue weighted by Crippen LogP contribution is 2.89. The van der Waals surface area contributed by atoms with E-state index in [2.05, 4.69) is 34.6 Å². The topological polar surface area (TPSA) is 180 Å². The Morgan fingerprint density at radius 1 is 0.891 bits per heavy atom. The average Bonchev–Trinajstić information content (AvgIpc) is 3.57. The first-order valence-corrected chi connectivity index (χ1v) is 17.9. The molecule has 0 amide bonds. The first-order valence-electron chi connectivity index (χ1n) is 17.9. The van der Waals surface area contributed by atoms with Gasteiger partial charge < -0.3 is 50.3 Å². The summed E-state index contributed by atoms with van der Waals surface area (Å²) in [7, 11) is 0. The van der Waals surface area contributed by atoms with Crippen LogP contribution < -0.4 is 0 Å². The summed E-state index contributed by atoms with van der Waals surface area (Å²) in [5.41, 5.74) is -2.14. The highest BCUT2D eigenvalue weighted by Gasteiger charge is 2.84. The van der Waals surface area contributed by atoms with E-state index in [1.165, 1.54) is 0 Å². The molecule has 0 aromatic carbocycles. The third kappa shape index (κ3) is 4.78. The highest BCUT2D eigenvalue weighted by atomic mass is 16.7. The van der Waals surface area contributed by atoms with Crippen LogP contribution in [0.25, 0.3) is 0 Å². The van der Waals surface area contributed by atoms with E-state index in [0.717, 1.165) is 32.1 Å². The van der Waals surface area contributed by atoms with Crippen molar-refractivity contribution in [2.45, 2.75) is 167 Å². The van der Waals surface area contributed by atoms with Crippen molar-refractivity contribution in [3.8, 4) is 0 Å². The first-order chi connectivity index (χ1) is 21.2. The van der Waals surface area contributed by atoms with Crippen LogP contribution in [0.3, 0.4) is 0 Å². The Morgan fingerprint density at radius 3 is 2.20 bits per heavy atom. The molecule has 6 fully saturated rings. The molecule has 6 aliphatic rings. The molecule has 5 aliphatic carbocycles. The van der Waals surface area contributed by atoms with Crippen molar-refractivity contribution in [3.63, 3.8) is 0 Å². The normalized spacial score (nSPS) is 54.2. The quantitative estimate of drug-likeness (QED) is 0.181. The molecule has 1 aliphatic heterocycles. The minimum Gasteiger partial charge on any atom is -0.394 e. The van der Waals surface area contributed by atoms with Gasteiger partial charge in [0.05, 0.1) is 36.6 Å². The molecule has 46 heavy (non-hydrogen) atoms. The van der Waals surface area contributed by atoms with Crippen LogP contribution in [0, 0.1) is 50.7 Å².